The highest BCUT2D eigenvalue weighted by Gasteiger charge is 2.69. The maximum absolute atomic E-state index is 14.2. The predicted molar refractivity (Wildman–Crippen MR) is 159 cm³/mol. The largest absolute Gasteiger partial charge is 0.507 e. The third-order valence-corrected chi connectivity index (χ3v) is 10.3. The van der Waals surface area contributed by atoms with Crippen molar-refractivity contribution in [2.75, 3.05) is 45.2 Å². The molecule has 1 aromatic carbocycles. The Balaban J connectivity index is 1.63. The number of aliphatic hydroxyl groups is 1. The number of carbonyl (C=O) groups is 5. The Kier molecular flexibility index (Phi) is 8.54. The topological polar surface area (TPSA) is 162 Å². The van der Waals surface area contributed by atoms with Crippen molar-refractivity contribution in [3.8, 4) is 5.75 Å². The monoisotopic (exact) mass is 596 g/mol. The zero-order valence-corrected chi connectivity index (χ0v) is 25.6. The van der Waals surface area contributed by atoms with E-state index in [2.05, 4.69) is 9.80 Å². The summed E-state index contributed by atoms with van der Waals surface area (Å²) in [5.74, 6) is -10.2. The number of hydrogen-bond acceptors (Lipinski definition) is 10. The number of carbonyl (C=O) groups excluding carboxylic acids is 5. The van der Waals surface area contributed by atoms with Gasteiger partial charge in [0.15, 0.2) is 34.7 Å². The number of primary amides is 1. The lowest BCUT2D eigenvalue weighted by Crippen LogP contribution is -2.74. The number of likely N-dealkylation sites (N-methyl/N-ethyl adjacent to an activating group) is 1. The number of phenols is 1. The molecule has 1 heterocycles. The molecule has 1 saturated heterocycles. The Bertz CT molecular complexity index is 1350. The molecule has 2 unspecified atom stereocenters. The number of amides is 1. The minimum absolute atomic E-state index is 0.0404. The fourth-order valence-corrected chi connectivity index (χ4v) is 8.32. The molecule has 3 aliphatic carbocycles. The van der Waals surface area contributed by atoms with Crippen LogP contribution in [0.3, 0.4) is 0 Å². The quantitative estimate of drug-likeness (QED) is 0.389. The van der Waals surface area contributed by atoms with Gasteiger partial charge in [-0.15, -0.1) is 0 Å². The Morgan fingerprint density at radius 1 is 1.05 bits per heavy atom. The van der Waals surface area contributed by atoms with Crippen LogP contribution < -0.4 is 10.6 Å². The lowest BCUT2D eigenvalue weighted by Gasteiger charge is -2.52. The number of likely N-dealkylation sites (tertiary alicyclic amines) is 1. The molecule has 3 fully saturated rings. The predicted octanol–water partition coefficient (Wildman–Crippen LogP) is 1.09. The van der Waals surface area contributed by atoms with E-state index in [1.165, 1.54) is 17.7 Å². The summed E-state index contributed by atoms with van der Waals surface area (Å²) in [7, 11) is 3.17. The number of fused-ring (bicyclic) bond motifs is 3. The molecule has 2 saturated carbocycles. The van der Waals surface area contributed by atoms with Crippen LogP contribution in [0.25, 0.3) is 0 Å². The zero-order valence-electron chi connectivity index (χ0n) is 25.6. The number of hydrogen-bond donors (Lipinski definition) is 3. The molecular formula is C32H44N4O7. The van der Waals surface area contributed by atoms with Crippen LogP contribution in [0.2, 0.25) is 0 Å². The molecule has 1 aromatic rings. The summed E-state index contributed by atoms with van der Waals surface area (Å²) in [6.07, 6.45) is 4.89. The molecule has 0 radical (unpaired) electrons. The summed E-state index contributed by atoms with van der Waals surface area (Å²) in [6.45, 7) is 7.94. The third-order valence-electron chi connectivity index (χ3n) is 10.3. The van der Waals surface area contributed by atoms with Crippen LogP contribution in [0.4, 0.5) is 5.69 Å². The summed E-state index contributed by atoms with van der Waals surface area (Å²) in [4.78, 5) is 73.5. The van der Waals surface area contributed by atoms with Gasteiger partial charge < -0.3 is 20.8 Å². The summed E-state index contributed by atoms with van der Waals surface area (Å²) >= 11 is 0. The Labute approximate surface area is 252 Å². The average molecular weight is 597 g/mol. The van der Waals surface area contributed by atoms with Gasteiger partial charge in [-0.1, -0.05) is 12.8 Å². The van der Waals surface area contributed by atoms with Crippen LogP contribution in [0.15, 0.2) is 6.07 Å². The Morgan fingerprint density at radius 3 is 2.23 bits per heavy atom. The van der Waals surface area contributed by atoms with Gasteiger partial charge in [0.1, 0.15) is 5.75 Å². The first-order valence-electron chi connectivity index (χ1n) is 15.6. The normalized spacial score (nSPS) is 31.3. The number of anilines is 1. The standard InChI is InChI=1S/C32H44N4O7/c1-5-36(6-2)25-18(16-35-11-9-7-8-10-12-35)15-21(37)23-19(25)13-17-14-20-26(34(3)4)28(39)24(31(33)42)30(41)32(20,43)29(40)22(17)27(23)38/h15,17,20,22,24,26,37,43H,5-14,16H2,1-4H3,(H2,33,42)/t17-,20-,22?,24?,26-,32-/m0/s1. The molecule has 6 atom stereocenters. The Morgan fingerprint density at radius 2 is 1.67 bits per heavy atom. The van der Waals surface area contributed by atoms with Crippen LogP contribution in [-0.4, -0.2) is 101 Å². The Hall–Kier alpha value is -3.15. The van der Waals surface area contributed by atoms with Gasteiger partial charge >= 0.3 is 0 Å². The minimum atomic E-state index is -2.72. The van der Waals surface area contributed by atoms with Crippen LogP contribution >= 0.6 is 0 Å². The van der Waals surface area contributed by atoms with Crippen LogP contribution in [0.5, 0.6) is 5.75 Å². The number of phenolic OH excluding ortho intramolecular Hbond substituents is 1. The first kappa shape index (κ1) is 31.3. The van der Waals surface area contributed by atoms with Crippen molar-refractivity contribution in [2.24, 2.45) is 29.4 Å². The van der Waals surface area contributed by atoms with Gasteiger partial charge in [-0.25, -0.2) is 0 Å². The van der Waals surface area contributed by atoms with E-state index in [4.69, 9.17) is 5.73 Å². The van der Waals surface area contributed by atoms with Crippen LogP contribution in [-0.2, 0) is 32.1 Å². The second-order valence-electron chi connectivity index (χ2n) is 12.9. The van der Waals surface area contributed by atoms with Crippen molar-refractivity contribution < 1.29 is 34.2 Å². The van der Waals surface area contributed by atoms with E-state index in [1.807, 2.05) is 13.8 Å². The highest BCUT2D eigenvalue weighted by molar-refractivity contribution is 6.32. The average Bonchev–Trinajstić information content (AvgIpc) is 3.21. The van der Waals surface area contributed by atoms with Crippen molar-refractivity contribution in [2.45, 2.75) is 70.6 Å². The van der Waals surface area contributed by atoms with Gasteiger partial charge in [-0.3, -0.25) is 33.8 Å². The second kappa shape index (κ2) is 11.7. The number of rotatable bonds is 7. The number of nitrogens with zero attached hydrogens (tertiary/aromatic N) is 3. The van der Waals surface area contributed by atoms with E-state index in [0.717, 1.165) is 37.2 Å². The van der Waals surface area contributed by atoms with Gasteiger partial charge in [0.2, 0.25) is 5.91 Å². The molecule has 4 aliphatic rings. The highest BCUT2D eigenvalue weighted by Crippen LogP contribution is 2.52. The number of nitrogens with two attached hydrogens (primary N) is 1. The summed E-state index contributed by atoms with van der Waals surface area (Å²) < 4.78 is 0. The molecule has 0 aromatic heterocycles. The molecule has 1 aliphatic heterocycles. The summed E-state index contributed by atoms with van der Waals surface area (Å²) in [5.41, 5.74) is 5.21. The first-order valence-corrected chi connectivity index (χ1v) is 15.6. The maximum atomic E-state index is 14.2. The van der Waals surface area contributed by atoms with E-state index >= 15 is 0 Å². The van der Waals surface area contributed by atoms with Gasteiger partial charge in [0.05, 0.1) is 17.5 Å². The van der Waals surface area contributed by atoms with Gasteiger partial charge in [-0.05, 0) is 89.8 Å². The molecule has 43 heavy (non-hydrogen) atoms. The van der Waals surface area contributed by atoms with Crippen molar-refractivity contribution in [3.63, 3.8) is 0 Å². The van der Waals surface area contributed by atoms with E-state index in [1.54, 1.807) is 20.2 Å². The smallest absolute Gasteiger partial charge is 0.235 e. The lowest BCUT2D eigenvalue weighted by molar-refractivity contribution is -0.181. The molecule has 1 amide bonds. The van der Waals surface area contributed by atoms with Crippen molar-refractivity contribution >= 4 is 34.7 Å². The fourth-order valence-electron chi connectivity index (χ4n) is 8.32. The lowest BCUT2D eigenvalue weighted by atomic mass is 9.52. The van der Waals surface area contributed by atoms with E-state index in [0.29, 0.717) is 25.2 Å². The number of Topliss-reactive ketones (excluding diaryl/α,β-unsaturated/α-hetero) is 4. The van der Waals surface area contributed by atoms with Crippen molar-refractivity contribution in [1.82, 2.24) is 9.80 Å². The number of benzene rings is 1. The zero-order chi connectivity index (χ0) is 31.4. The highest BCUT2D eigenvalue weighted by atomic mass is 16.3. The molecule has 0 bridgehead atoms. The second-order valence-corrected chi connectivity index (χ2v) is 12.9. The van der Waals surface area contributed by atoms with Gasteiger partial charge in [0, 0.05) is 31.2 Å². The molecule has 4 N–H and O–H groups in total. The summed E-state index contributed by atoms with van der Waals surface area (Å²) in [6, 6.07) is 0.516. The molecule has 5 rings (SSSR count). The fraction of sp³-hybridized carbons (Fsp3) is 0.656. The molecule has 11 nitrogen and oxygen atoms in total. The van der Waals surface area contributed by atoms with E-state index in [-0.39, 0.29) is 24.2 Å². The van der Waals surface area contributed by atoms with Crippen molar-refractivity contribution in [1.29, 1.82) is 0 Å². The van der Waals surface area contributed by atoms with Gasteiger partial charge in [-0.2, -0.15) is 0 Å². The van der Waals surface area contributed by atoms with Gasteiger partial charge in [0.25, 0.3) is 0 Å². The van der Waals surface area contributed by atoms with Crippen LogP contribution in [0, 0.1) is 23.7 Å². The van der Waals surface area contributed by atoms with E-state index < -0.39 is 64.4 Å². The third kappa shape index (κ3) is 4.89. The van der Waals surface area contributed by atoms with Crippen molar-refractivity contribution in [3.05, 3.63) is 22.8 Å². The first-order chi connectivity index (χ1) is 20.4. The molecule has 11 heteroatoms. The SMILES string of the molecule is CCN(CC)c1c(CN2CCCCCC2)cc(O)c2c1C[C@H]1C[C@H]3[C@H](N(C)C)C(=O)C(C(N)=O)C(=O)[C@@]3(O)C(=O)C1C2=O. The molecular weight excluding hydrogens is 552 g/mol. The number of ketones is 4. The van der Waals surface area contributed by atoms with E-state index in [9.17, 15) is 34.2 Å². The molecule has 234 valence electrons. The summed E-state index contributed by atoms with van der Waals surface area (Å²) in [5, 5.41) is 23.1. The molecule has 0 spiro atoms. The number of aromatic hydroxyl groups is 1. The minimum Gasteiger partial charge on any atom is -0.507 e. The van der Waals surface area contributed by atoms with Crippen LogP contribution in [0.1, 0.15) is 67.4 Å². The maximum Gasteiger partial charge on any atom is 0.235 e.